The third kappa shape index (κ3) is 35.0. The van der Waals surface area contributed by atoms with Crippen LogP contribution in [-0.4, -0.2) is 132 Å². The third-order valence-electron chi connectivity index (χ3n) is 15.2. The minimum Gasteiger partial charge on any atom is -0.481 e. The number of aliphatic hydroxyl groups excluding tert-OH is 1. The molecule has 2 aromatic carbocycles. The molecule has 0 heterocycles. The molecule has 0 radical (unpaired) electrons. The van der Waals surface area contributed by atoms with Gasteiger partial charge >= 0.3 is 23.9 Å². The molecule has 0 aliphatic carbocycles. The van der Waals surface area contributed by atoms with E-state index in [1.165, 1.54) is 50.3 Å². The zero-order valence-corrected chi connectivity index (χ0v) is 54.3. The number of carbonyl (C=O) groups excluding carboxylic acids is 5. The summed E-state index contributed by atoms with van der Waals surface area (Å²) in [5.41, 5.74) is 5.71. The molecule has 2 rings (SSSR count). The molecule has 510 valence electrons. The number of hydrogen-bond acceptors (Lipinski definition) is 14. The summed E-state index contributed by atoms with van der Waals surface area (Å²) in [7, 11) is 0. The van der Waals surface area contributed by atoms with Gasteiger partial charge < -0.3 is 67.3 Å². The number of aliphatic hydroxyl groups is 3. The Balaban J connectivity index is 0.000000920. The van der Waals surface area contributed by atoms with Gasteiger partial charge in [-0.2, -0.15) is 0 Å². The van der Waals surface area contributed by atoms with Gasteiger partial charge in [0.25, 0.3) is 0 Å². The van der Waals surface area contributed by atoms with E-state index in [2.05, 4.69) is 48.2 Å². The Morgan fingerprint density at radius 1 is 0.511 bits per heavy atom. The van der Waals surface area contributed by atoms with Crippen molar-refractivity contribution in [1.29, 1.82) is 0 Å². The van der Waals surface area contributed by atoms with Crippen molar-refractivity contribution >= 4 is 53.3 Å². The number of carboxylic acid groups (broad SMARTS) is 4. The van der Waals surface area contributed by atoms with E-state index in [0.717, 1.165) is 83.5 Å². The van der Waals surface area contributed by atoms with Gasteiger partial charge in [0.2, 0.25) is 23.6 Å². The highest BCUT2D eigenvalue weighted by Gasteiger charge is 2.50. The second-order valence-corrected chi connectivity index (χ2v) is 23.0. The van der Waals surface area contributed by atoms with Crippen LogP contribution in [0.25, 0.3) is 0 Å². The maximum atomic E-state index is 13.3. The lowest BCUT2D eigenvalue weighted by Gasteiger charge is -2.29. The molecule has 0 spiro atoms. The van der Waals surface area contributed by atoms with Crippen LogP contribution in [0.3, 0.4) is 0 Å². The molecule has 0 bridgehead atoms. The van der Waals surface area contributed by atoms with E-state index in [9.17, 15) is 78.9 Å². The number of carbonyl (C=O) groups is 9. The highest BCUT2D eigenvalue weighted by atomic mass is 16.5. The van der Waals surface area contributed by atoms with Crippen LogP contribution in [0.1, 0.15) is 206 Å². The first-order chi connectivity index (χ1) is 43.9. The molecule has 0 aliphatic rings. The lowest BCUT2D eigenvalue weighted by Crippen LogP contribution is -2.56. The van der Waals surface area contributed by atoms with Crippen LogP contribution >= 0.6 is 0 Å². The number of rotatable bonds is 50. The summed E-state index contributed by atoms with van der Waals surface area (Å²) >= 11 is 0. The monoisotopic (exact) mass is 1290 g/mol. The summed E-state index contributed by atoms with van der Waals surface area (Å²) in [6, 6.07) is 10.1. The van der Waals surface area contributed by atoms with E-state index in [1.54, 1.807) is 68.5 Å². The average molecular weight is 1290 g/mol. The van der Waals surface area contributed by atoms with Crippen molar-refractivity contribution in [2.45, 2.75) is 237 Å². The van der Waals surface area contributed by atoms with Crippen molar-refractivity contribution in [1.82, 2.24) is 10.6 Å². The topological polar surface area (TPSA) is 390 Å². The molecular weight excluding hydrogens is 1180 g/mol. The molecule has 22 nitrogen and oxygen atoms in total. The van der Waals surface area contributed by atoms with E-state index in [0.29, 0.717) is 61.2 Å². The smallest absolute Gasteiger partial charge is 0.337 e. The number of hydrogen-bond donors (Lipinski definition) is 11. The molecule has 4 amide bonds. The average Bonchev–Trinajstić information content (AvgIpc) is 0.840. The number of carboxylic acids is 4. The second kappa shape index (κ2) is 47.8. The maximum absolute atomic E-state index is 13.3. The number of Topliss-reactive ketones (excluding diaryl/α,β-unsaturated/α-hetero) is 1. The quantitative estimate of drug-likeness (QED) is 0.0168. The molecule has 22 heteroatoms. The first-order valence-corrected chi connectivity index (χ1v) is 32.2. The fourth-order valence-corrected chi connectivity index (χ4v) is 9.89. The van der Waals surface area contributed by atoms with Gasteiger partial charge in [0.05, 0.1) is 30.8 Å². The molecule has 0 fully saturated rings. The summed E-state index contributed by atoms with van der Waals surface area (Å²) in [4.78, 5) is 110. The lowest BCUT2D eigenvalue weighted by atomic mass is 9.82. The number of amides is 4. The van der Waals surface area contributed by atoms with Gasteiger partial charge in [0, 0.05) is 25.7 Å². The number of unbranched alkanes of at least 4 members (excludes halogenated alkanes) is 16. The Morgan fingerprint density at radius 2 is 0.848 bits per heavy atom. The predicted molar refractivity (Wildman–Crippen MR) is 349 cm³/mol. The van der Waals surface area contributed by atoms with Crippen molar-refractivity contribution in [2.24, 2.45) is 23.3 Å². The first-order valence-electron chi connectivity index (χ1n) is 32.2. The van der Waals surface area contributed by atoms with Gasteiger partial charge in [-0.15, -0.1) is 11.8 Å². The molecular formula is C70H102N4O18. The molecule has 0 saturated heterocycles. The van der Waals surface area contributed by atoms with Gasteiger partial charge in [-0.1, -0.05) is 164 Å². The van der Waals surface area contributed by atoms with E-state index in [1.807, 2.05) is 0 Å². The van der Waals surface area contributed by atoms with Crippen LogP contribution in [0.4, 0.5) is 0 Å². The van der Waals surface area contributed by atoms with E-state index in [4.69, 9.17) is 20.9 Å². The van der Waals surface area contributed by atoms with Crippen molar-refractivity contribution in [3.05, 3.63) is 84.0 Å². The van der Waals surface area contributed by atoms with Gasteiger partial charge in [0.1, 0.15) is 42.6 Å². The van der Waals surface area contributed by atoms with Crippen molar-refractivity contribution in [2.75, 3.05) is 13.2 Å². The van der Waals surface area contributed by atoms with Gasteiger partial charge in [0.15, 0.2) is 11.2 Å². The molecule has 0 aromatic heterocycles. The summed E-state index contributed by atoms with van der Waals surface area (Å²) in [6.45, 7) is 8.08. The van der Waals surface area contributed by atoms with E-state index in [-0.39, 0.29) is 37.9 Å². The van der Waals surface area contributed by atoms with E-state index >= 15 is 0 Å². The number of nitrogens with one attached hydrogen (secondary N) is 2. The number of nitrogens with two attached hydrogens (primary N) is 2. The normalized spacial score (nSPS) is 13.9. The fraction of sp³-hybridized carbons (Fsp3) is 0.586. The predicted octanol–water partition coefficient (Wildman–Crippen LogP) is 8.46. The summed E-state index contributed by atoms with van der Waals surface area (Å²) in [6.07, 6.45) is 24.1. The third-order valence-corrected chi connectivity index (χ3v) is 15.2. The first kappa shape index (κ1) is 82.0. The number of ketones is 1. The Morgan fingerprint density at radius 3 is 1.16 bits per heavy atom. The SMILES string of the molecule is CC#CCOc1ccc(C[C@H](NC(=O)[C@@H](/C=C/CCCCCCC(=O)CCCCCCC)[C@@](O)(CC(N)=O)C(=O)O)C(=O)O)cc1.CC#CCOc1ccc(C[C@H](NC(=O)[C@@H](/C=C/CCCCCCC(O)CCCCCCC)[C@@](O)(CC(N)=O)C(=O)O)C(=O)O)cc1. The number of primary amides is 2. The molecule has 7 atom stereocenters. The lowest BCUT2D eigenvalue weighted by molar-refractivity contribution is -0.169. The number of allylic oxidation sites excluding steroid dienone is 2. The van der Waals surface area contributed by atoms with Crippen LogP contribution in [0.2, 0.25) is 0 Å². The highest BCUT2D eigenvalue weighted by Crippen LogP contribution is 2.28. The van der Waals surface area contributed by atoms with Crippen LogP contribution in [0, 0.1) is 35.5 Å². The number of aliphatic carboxylic acids is 4. The number of ether oxygens (including phenoxy) is 2. The zero-order chi connectivity index (χ0) is 68.7. The summed E-state index contributed by atoms with van der Waals surface area (Å²) in [5, 5.41) is 75.9. The molecule has 13 N–H and O–H groups in total. The summed E-state index contributed by atoms with van der Waals surface area (Å²) < 4.78 is 10.9. The Hall–Kier alpha value is -8.05. The molecule has 1 unspecified atom stereocenters. The fourth-order valence-electron chi connectivity index (χ4n) is 9.89. The largest absolute Gasteiger partial charge is 0.481 e. The van der Waals surface area contributed by atoms with Crippen molar-refractivity contribution in [3.8, 4) is 35.2 Å². The van der Waals surface area contributed by atoms with Crippen LogP contribution in [0.5, 0.6) is 11.5 Å². The van der Waals surface area contributed by atoms with E-state index < -0.39 is 95.5 Å². The van der Waals surface area contributed by atoms with Crippen molar-refractivity contribution in [3.63, 3.8) is 0 Å². The van der Waals surface area contributed by atoms with Crippen LogP contribution < -0.4 is 31.6 Å². The minimum atomic E-state index is -2.90. The highest BCUT2D eigenvalue weighted by molar-refractivity contribution is 5.96. The zero-order valence-electron chi connectivity index (χ0n) is 54.3. The van der Waals surface area contributed by atoms with Gasteiger partial charge in [-0.25, -0.2) is 19.2 Å². The van der Waals surface area contributed by atoms with Crippen LogP contribution in [0.15, 0.2) is 72.8 Å². The van der Waals surface area contributed by atoms with Crippen LogP contribution in [-0.2, 0) is 56.0 Å². The molecule has 0 aliphatic heterocycles. The Labute approximate surface area is 542 Å². The Kier molecular flexibility index (Phi) is 42.6. The molecule has 92 heavy (non-hydrogen) atoms. The van der Waals surface area contributed by atoms with Crippen molar-refractivity contribution < 1.29 is 88.4 Å². The van der Waals surface area contributed by atoms with Gasteiger partial charge in [-0.3, -0.25) is 24.0 Å². The maximum Gasteiger partial charge on any atom is 0.337 e. The second-order valence-electron chi connectivity index (χ2n) is 23.0. The Bertz CT molecular complexity index is 2760. The minimum absolute atomic E-state index is 0.137. The molecule has 0 saturated carbocycles. The summed E-state index contributed by atoms with van der Waals surface area (Å²) in [5.74, 6) is -2.20. The molecule has 2 aromatic rings. The number of benzene rings is 2. The standard InChI is InChI=1S/C35H52N2O9.C35H50N2O9/c2*1-3-5-7-10-13-16-27(38)17-14-11-8-9-12-15-18-29(35(45,34(43)44)25-31(36)39)32(40)37-30(33(41)42)24-26-19-21-28(22-20-26)46-23-6-4-2/h15,18-22,27,29-30,38,45H,3,5,7-14,16-17,23-25H2,1-2H3,(H2,36,39)(H,37,40)(H,41,42)(H,43,44);15,18-22,29-30,45H,3,5,7-14,16-17,23-25H2,1-2H3,(H2,36,39)(H,37,40)(H,41,42)(H,43,44)/b2*18-15+/t27?,29-,30+,35+;29-,30+,35+/m11/s1. The van der Waals surface area contributed by atoms with Gasteiger partial charge in [-0.05, 0) is 101 Å².